The Morgan fingerprint density at radius 1 is 1.13 bits per heavy atom. The lowest BCUT2D eigenvalue weighted by Gasteiger charge is -2.23. The summed E-state index contributed by atoms with van der Waals surface area (Å²) >= 11 is 0. The first-order valence-electron chi connectivity index (χ1n) is 7.58. The molecule has 1 aromatic heterocycles. The summed E-state index contributed by atoms with van der Waals surface area (Å²) < 4.78 is 13.7. The molecule has 0 fully saturated rings. The van der Waals surface area contributed by atoms with E-state index in [9.17, 15) is 9.18 Å². The van der Waals surface area contributed by atoms with Gasteiger partial charge in [-0.3, -0.25) is 4.79 Å². The second-order valence-electron chi connectivity index (χ2n) is 6.15. The van der Waals surface area contributed by atoms with Gasteiger partial charge in [-0.2, -0.15) is 0 Å². The number of H-pyrrole nitrogens is 1. The first kappa shape index (κ1) is 15.3. The highest BCUT2D eigenvalue weighted by Gasteiger charge is 2.32. The summed E-state index contributed by atoms with van der Waals surface area (Å²) in [6.07, 6.45) is 1.87. The molecule has 0 radical (unpaired) electrons. The average molecular weight is 310 g/mol. The summed E-state index contributed by atoms with van der Waals surface area (Å²) in [7, 11) is 0. The first-order chi connectivity index (χ1) is 11.0. The minimum atomic E-state index is -0.717. The number of amides is 1. The molecule has 0 aliphatic heterocycles. The third-order valence-corrected chi connectivity index (χ3v) is 4.23. The van der Waals surface area contributed by atoms with Gasteiger partial charge in [0, 0.05) is 29.2 Å². The van der Waals surface area contributed by atoms with Crippen molar-refractivity contribution in [1.82, 2.24) is 10.3 Å². The fourth-order valence-electron chi connectivity index (χ4n) is 2.75. The molecule has 2 aromatic carbocycles. The van der Waals surface area contributed by atoms with Crippen molar-refractivity contribution in [2.75, 3.05) is 0 Å². The topological polar surface area (TPSA) is 44.9 Å². The molecule has 118 valence electrons. The minimum absolute atomic E-state index is 0.134. The zero-order chi connectivity index (χ0) is 16.4. The van der Waals surface area contributed by atoms with Crippen LogP contribution < -0.4 is 5.32 Å². The predicted octanol–water partition coefficient (Wildman–Crippen LogP) is 3.90. The lowest BCUT2D eigenvalue weighted by atomic mass is 9.83. The fourth-order valence-corrected chi connectivity index (χ4v) is 2.75. The average Bonchev–Trinajstić information content (AvgIpc) is 2.98. The lowest BCUT2D eigenvalue weighted by Crippen LogP contribution is -2.39. The number of hydrogen-bond acceptors (Lipinski definition) is 1. The van der Waals surface area contributed by atoms with E-state index in [1.165, 1.54) is 6.07 Å². The number of aromatic amines is 1. The van der Waals surface area contributed by atoms with Crippen LogP contribution in [0.25, 0.3) is 10.9 Å². The molecular formula is C19H19FN2O. The minimum Gasteiger partial charge on any atom is -0.361 e. The fraction of sp³-hybridized carbons (Fsp3) is 0.211. The molecule has 0 saturated heterocycles. The normalized spacial score (nSPS) is 11.6. The van der Waals surface area contributed by atoms with E-state index in [1.807, 2.05) is 44.3 Å². The Kier molecular flexibility index (Phi) is 3.90. The van der Waals surface area contributed by atoms with Gasteiger partial charge in [0.2, 0.25) is 5.91 Å². The van der Waals surface area contributed by atoms with Gasteiger partial charge in [-0.1, -0.05) is 36.4 Å². The Labute approximate surface area is 134 Å². The standard InChI is InChI=1S/C19H19FN2O/c1-19(2,15-12-21-17-10-6-4-8-14(15)17)18(23)22-11-13-7-3-5-9-16(13)20/h3-10,12,21H,11H2,1-2H3,(H,22,23). The Hall–Kier alpha value is -2.62. The van der Waals surface area contributed by atoms with Crippen LogP contribution in [-0.4, -0.2) is 10.9 Å². The highest BCUT2D eigenvalue weighted by molar-refractivity contribution is 5.94. The van der Waals surface area contributed by atoms with Gasteiger partial charge in [-0.05, 0) is 31.5 Å². The van der Waals surface area contributed by atoms with Gasteiger partial charge in [0.05, 0.1) is 5.41 Å². The lowest BCUT2D eigenvalue weighted by molar-refractivity contribution is -0.125. The van der Waals surface area contributed by atoms with E-state index in [2.05, 4.69) is 10.3 Å². The molecule has 23 heavy (non-hydrogen) atoms. The summed E-state index contributed by atoms with van der Waals surface area (Å²) in [5.74, 6) is -0.441. The maximum absolute atomic E-state index is 13.7. The van der Waals surface area contributed by atoms with Gasteiger partial charge in [-0.25, -0.2) is 4.39 Å². The number of hydrogen-bond donors (Lipinski definition) is 2. The zero-order valence-corrected chi connectivity index (χ0v) is 13.2. The van der Waals surface area contributed by atoms with Gasteiger partial charge in [0.1, 0.15) is 5.82 Å². The number of rotatable bonds is 4. The molecule has 3 rings (SSSR count). The van der Waals surface area contributed by atoms with Crippen molar-refractivity contribution in [2.24, 2.45) is 0 Å². The molecule has 0 aliphatic rings. The molecule has 2 N–H and O–H groups in total. The molecule has 0 unspecified atom stereocenters. The number of carbonyl (C=O) groups is 1. The van der Waals surface area contributed by atoms with Gasteiger partial charge >= 0.3 is 0 Å². The van der Waals surface area contributed by atoms with Crippen LogP contribution >= 0.6 is 0 Å². The Balaban J connectivity index is 1.82. The zero-order valence-electron chi connectivity index (χ0n) is 13.2. The van der Waals surface area contributed by atoms with E-state index < -0.39 is 5.41 Å². The van der Waals surface area contributed by atoms with Gasteiger partial charge in [0.15, 0.2) is 0 Å². The number of nitrogens with one attached hydrogen (secondary N) is 2. The third kappa shape index (κ3) is 2.84. The second kappa shape index (κ2) is 5.88. The highest BCUT2D eigenvalue weighted by atomic mass is 19.1. The number of fused-ring (bicyclic) bond motifs is 1. The van der Waals surface area contributed by atoms with Crippen LogP contribution in [0.2, 0.25) is 0 Å². The van der Waals surface area contributed by atoms with Crippen LogP contribution in [0, 0.1) is 5.82 Å². The van der Waals surface area contributed by atoms with Crippen LogP contribution in [-0.2, 0) is 16.8 Å². The van der Waals surface area contributed by atoms with E-state index in [4.69, 9.17) is 0 Å². The van der Waals surface area contributed by atoms with Gasteiger partial charge in [0.25, 0.3) is 0 Å². The molecular weight excluding hydrogens is 291 g/mol. The maximum atomic E-state index is 13.7. The molecule has 0 bridgehead atoms. The Morgan fingerprint density at radius 2 is 1.83 bits per heavy atom. The van der Waals surface area contributed by atoms with Crippen LogP contribution in [0.15, 0.2) is 54.7 Å². The number of benzene rings is 2. The quantitative estimate of drug-likeness (QED) is 0.754. The molecule has 0 spiro atoms. The molecule has 1 heterocycles. The Bertz CT molecular complexity index is 851. The van der Waals surface area contributed by atoms with E-state index in [1.54, 1.807) is 18.2 Å². The maximum Gasteiger partial charge on any atom is 0.230 e. The number of aromatic nitrogens is 1. The number of carbonyl (C=O) groups excluding carboxylic acids is 1. The van der Waals surface area contributed by atoms with E-state index >= 15 is 0 Å². The largest absolute Gasteiger partial charge is 0.361 e. The number of para-hydroxylation sites is 1. The van der Waals surface area contributed by atoms with Crippen LogP contribution in [0.3, 0.4) is 0 Å². The van der Waals surface area contributed by atoms with E-state index in [-0.39, 0.29) is 18.3 Å². The molecule has 0 saturated carbocycles. The molecule has 0 atom stereocenters. The van der Waals surface area contributed by atoms with Crippen molar-refractivity contribution in [2.45, 2.75) is 25.8 Å². The van der Waals surface area contributed by atoms with Crippen molar-refractivity contribution in [3.63, 3.8) is 0 Å². The second-order valence-corrected chi connectivity index (χ2v) is 6.15. The van der Waals surface area contributed by atoms with Crippen molar-refractivity contribution in [1.29, 1.82) is 0 Å². The molecule has 0 aliphatic carbocycles. The van der Waals surface area contributed by atoms with Crippen molar-refractivity contribution < 1.29 is 9.18 Å². The Morgan fingerprint density at radius 3 is 2.61 bits per heavy atom. The van der Waals surface area contributed by atoms with Gasteiger partial charge < -0.3 is 10.3 Å². The predicted molar refractivity (Wildman–Crippen MR) is 89.6 cm³/mol. The summed E-state index contributed by atoms with van der Waals surface area (Å²) in [5, 5.41) is 3.87. The van der Waals surface area contributed by atoms with Crippen LogP contribution in [0.1, 0.15) is 25.0 Å². The summed E-state index contributed by atoms with van der Waals surface area (Å²) in [6, 6.07) is 14.3. The van der Waals surface area contributed by atoms with Crippen molar-refractivity contribution in [3.05, 3.63) is 71.7 Å². The highest BCUT2D eigenvalue weighted by Crippen LogP contribution is 2.30. The molecule has 3 aromatic rings. The van der Waals surface area contributed by atoms with Crippen LogP contribution in [0.5, 0.6) is 0 Å². The van der Waals surface area contributed by atoms with Crippen LogP contribution in [0.4, 0.5) is 4.39 Å². The third-order valence-electron chi connectivity index (χ3n) is 4.23. The first-order valence-corrected chi connectivity index (χ1v) is 7.58. The monoisotopic (exact) mass is 310 g/mol. The molecule has 4 heteroatoms. The van der Waals surface area contributed by atoms with E-state index in [0.29, 0.717) is 5.56 Å². The van der Waals surface area contributed by atoms with E-state index in [0.717, 1.165) is 16.5 Å². The van der Waals surface area contributed by atoms with Crippen molar-refractivity contribution >= 4 is 16.8 Å². The summed E-state index contributed by atoms with van der Waals surface area (Å²) in [4.78, 5) is 15.8. The smallest absolute Gasteiger partial charge is 0.230 e. The molecule has 1 amide bonds. The summed E-state index contributed by atoms with van der Waals surface area (Å²) in [6.45, 7) is 3.93. The van der Waals surface area contributed by atoms with Crippen molar-refractivity contribution in [3.8, 4) is 0 Å². The number of halogens is 1. The SMILES string of the molecule is CC(C)(C(=O)NCc1ccccc1F)c1c[nH]c2ccccc12. The summed E-state index contributed by atoms with van der Waals surface area (Å²) in [5.41, 5.74) is 1.69. The molecule has 3 nitrogen and oxygen atoms in total. The van der Waals surface area contributed by atoms with Gasteiger partial charge in [-0.15, -0.1) is 0 Å².